The molecule has 1 aliphatic rings. The lowest BCUT2D eigenvalue weighted by Crippen LogP contribution is -2.52. The van der Waals surface area contributed by atoms with Crippen molar-refractivity contribution in [1.82, 2.24) is 10.2 Å². The molecule has 5 heteroatoms. The molecule has 3 aromatic rings. The lowest BCUT2D eigenvalue weighted by Gasteiger charge is -2.32. The van der Waals surface area contributed by atoms with Gasteiger partial charge in [-0.15, -0.1) is 0 Å². The van der Waals surface area contributed by atoms with Gasteiger partial charge in [-0.1, -0.05) is 79.6 Å². The smallest absolute Gasteiger partial charge is 0.243 e. The number of nitrogens with zero attached hydrogens (tertiary/aromatic N) is 1. The van der Waals surface area contributed by atoms with Gasteiger partial charge in [0.05, 0.1) is 13.5 Å². The van der Waals surface area contributed by atoms with Crippen molar-refractivity contribution in [2.75, 3.05) is 7.11 Å². The quantitative estimate of drug-likeness (QED) is 0.428. The summed E-state index contributed by atoms with van der Waals surface area (Å²) in [5.41, 5.74) is 4.01. The average Bonchev–Trinajstić information content (AvgIpc) is 3.41. The van der Waals surface area contributed by atoms with E-state index < -0.39 is 6.04 Å². The fourth-order valence-corrected chi connectivity index (χ4v) is 4.96. The van der Waals surface area contributed by atoms with Crippen molar-refractivity contribution in [2.45, 2.75) is 64.1 Å². The molecular formula is C31H36N2O3. The van der Waals surface area contributed by atoms with Gasteiger partial charge in [0.15, 0.2) is 0 Å². The van der Waals surface area contributed by atoms with Crippen LogP contribution < -0.4 is 10.1 Å². The van der Waals surface area contributed by atoms with Gasteiger partial charge in [-0.05, 0) is 54.2 Å². The van der Waals surface area contributed by atoms with Crippen LogP contribution in [0.15, 0.2) is 78.9 Å². The Bertz CT molecular complexity index is 1160. The predicted molar refractivity (Wildman–Crippen MR) is 143 cm³/mol. The Kier molecular flexibility index (Phi) is 8.77. The highest BCUT2D eigenvalue weighted by atomic mass is 16.5. The maximum absolute atomic E-state index is 13.9. The Hall–Kier alpha value is -3.60. The molecule has 0 aromatic heterocycles. The van der Waals surface area contributed by atoms with Crippen LogP contribution >= 0.6 is 0 Å². The van der Waals surface area contributed by atoms with Crippen molar-refractivity contribution >= 4 is 11.8 Å². The van der Waals surface area contributed by atoms with E-state index in [2.05, 4.69) is 5.32 Å². The molecule has 0 saturated heterocycles. The second-order valence-corrected chi connectivity index (χ2v) is 9.67. The molecular weight excluding hydrogens is 448 g/mol. The minimum Gasteiger partial charge on any atom is -0.497 e. The summed E-state index contributed by atoms with van der Waals surface area (Å²) in [5.74, 6) is 0.593. The molecule has 188 valence electrons. The van der Waals surface area contributed by atoms with Crippen LogP contribution in [-0.4, -0.2) is 35.9 Å². The van der Waals surface area contributed by atoms with E-state index in [4.69, 9.17) is 4.74 Å². The highest BCUT2D eigenvalue weighted by molar-refractivity contribution is 5.89. The number of hydrogen-bond donors (Lipinski definition) is 1. The van der Waals surface area contributed by atoms with Gasteiger partial charge in [0, 0.05) is 19.0 Å². The van der Waals surface area contributed by atoms with Crippen LogP contribution in [0.5, 0.6) is 5.75 Å². The van der Waals surface area contributed by atoms with Gasteiger partial charge in [-0.25, -0.2) is 0 Å². The van der Waals surface area contributed by atoms with Crippen molar-refractivity contribution in [1.29, 1.82) is 0 Å². The number of rotatable bonds is 10. The number of ether oxygens (including phenoxy) is 1. The van der Waals surface area contributed by atoms with Gasteiger partial charge in [0.25, 0.3) is 0 Å². The SMILES string of the molecule is COc1cccc(CN(C(=O)Cc2ccccc2C)C(Cc2ccccc2)C(=O)NC2CCCC2)c1. The number of aryl methyl sites for hydroxylation is 1. The first-order valence-corrected chi connectivity index (χ1v) is 12.8. The van der Waals surface area contributed by atoms with Crippen LogP contribution in [0.1, 0.15) is 47.9 Å². The summed E-state index contributed by atoms with van der Waals surface area (Å²) in [5, 5.41) is 3.26. The fraction of sp³-hybridized carbons (Fsp3) is 0.355. The number of benzene rings is 3. The van der Waals surface area contributed by atoms with Gasteiger partial charge in [0.2, 0.25) is 11.8 Å². The Morgan fingerprint density at radius 3 is 2.36 bits per heavy atom. The van der Waals surface area contributed by atoms with E-state index in [-0.39, 0.29) is 24.3 Å². The van der Waals surface area contributed by atoms with Crippen LogP contribution in [-0.2, 0) is 29.0 Å². The molecule has 1 saturated carbocycles. The summed E-state index contributed by atoms with van der Waals surface area (Å²) >= 11 is 0. The molecule has 0 radical (unpaired) electrons. The molecule has 4 rings (SSSR count). The minimum atomic E-state index is -0.615. The third kappa shape index (κ3) is 6.75. The summed E-state index contributed by atoms with van der Waals surface area (Å²) in [6, 6.07) is 25.2. The predicted octanol–water partition coefficient (Wildman–Crippen LogP) is 5.25. The first-order chi connectivity index (χ1) is 17.5. The van der Waals surface area contributed by atoms with Gasteiger partial charge < -0.3 is 15.0 Å². The van der Waals surface area contributed by atoms with Crippen LogP contribution in [0.4, 0.5) is 0 Å². The Morgan fingerprint density at radius 1 is 0.944 bits per heavy atom. The summed E-state index contributed by atoms with van der Waals surface area (Å²) in [7, 11) is 1.63. The second-order valence-electron chi connectivity index (χ2n) is 9.67. The van der Waals surface area contributed by atoms with Gasteiger partial charge in [-0.2, -0.15) is 0 Å². The van der Waals surface area contributed by atoms with Crippen LogP contribution in [0.25, 0.3) is 0 Å². The van der Waals surface area contributed by atoms with Crippen molar-refractivity contribution in [3.8, 4) is 5.75 Å². The molecule has 0 spiro atoms. The second kappa shape index (κ2) is 12.4. The Labute approximate surface area is 214 Å². The molecule has 3 aromatic carbocycles. The lowest BCUT2D eigenvalue weighted by molar-refractivity contribution is -0.141. The molecule has 2 amide bonds. The highest BCUT2D eigenvalue weighted by Gasteiger charge is 2.32. The fourth-order valence-electron chi connectivity index (χ4n) is 4.96. The molecule has 1 atom stereocenters. The van der Waals surface area contributed by atoms with E-state index in [9.17, 15) is 9.59 Å². The number of nitrogens with one attached hydrogen (secondary N) is 1. The minimum absolute atomic E-state index is 0.0605. The molecule has 0 bridgehead atoms. The van der Waals surface area contributed by atoms with E-state index in [1.165, 1.54) is 0 Å². The maximum atomic E-state index is 13.9. The van der Waals surface area contributed by atoms with Crippen molar-refractivity contribution in [3.05, 3.63) is 101 Å². The van der Waals surface area contributed by atoms with E-state index in [0.29, 0.717) is 13.0 Å². The first kappa shape index (κ1) is 25.5. The lowest BCUT2D eigenvalue weighted by atomic mass is 10.00. The average molecular weight is 485 g/mol. The van der Waals surface area contributed by atoms with E-state index in [0.717, 1.165) is 53.7 Å². The van der Waals surface area contributed by atoms with E-state index in [1.54, 1.807) is 12.0 Å². The van der Waals surface area contributed by atoms with Gasteiger partial charge in [-0.3, -0.25) is 9.59 Å². The zero-order chi connectivity index (χ0) is 25.3. The van der Waals surface area contributed by atoms with E-state index in [1.807, 2.05) is 85.8 Å². The Balaban J connectivity index is 1.67. The summed E-state index contributed by atoms with van der Waals surface area (Å²) in [6.07, 6.45) is 4.97. The van der Waals surface area contributed by atoms with Crippen LogP contribution in [0.2, 0.25) is 0 Å². The third-order valence-corrected chi connectivity index (χ3v) is 7.06. The standard InChI is InChI=1S/C31H36N2O3/c1-23-11-6-7-15-26(23)21-30(34)33(22-25-14-10-18-28(19-25)36-2)29(20-24-12-4-3-5-13-24)31(35)32-27-16-8-9-17-27/h3-7,10-15,18-19,27,29H,8-9,16-17,20-22H2,1-2H3,(H,32,35). The number of methoxy groups -OCH3 is 1. The molecule has 1 unspecified atom stereocenters. The summed E-state index contributed by atoms with van der Waals surface area (Å²) < 4.78 is 5.42. The molecule has 36 heavy (non-hydrogen) atoms. The number of carbonyl (C=O) groups is 2. The van der Waals surface area contributed by atoms with Crippen molar-refractivity contribution < 1.29 is 14.3 Å². The molecule has 1 fully saturated rings. The van der Waals surface area contributed by atoms with Crippen molar-refractivity contribution in [2.24, 2.45) is 0 Å². The van der Waals surface area contributed by atoms with Crippen LogP contribution in [0.3, 0.4) is 0 Å². The molecule has 1 N–H and O–H groups in total. The maximum Gasteiger partial charge on any atom is 0.243 e. The molecule has 0 heterocycles. The first-order valence-electron chi connectivity index (χ1n) is 12.8. The zero-order valence-electron chi connectivity index (χ0n) is 21.3. The molecule has 1 aliphatic carbocycles. The molecule has 0 aliphatic heterocycles. The Morgan fingerprint density at radius 2 is 1.64 bits per heavy atom. The number of hydrogen-bond acceptors (Lipinski definition) is 3. The summed E-state index contributed by atoms with van der Waals surface area (Å²) in [4.78, 5) is 29.4. The van der Waals surface area contributed by atoms with Crippen molar-refractivity contribution in [3.63, 3.8) is 0 Å². The monoisotopic (exact) mass is 484 g/mol. The topological polar surface area (TPSA) is 58.6 Å². The third-order valence-electron chi connectivity index (χ3n) is 7.06. The number of amides is 2. The number of carbonyl (C=O) groups excluding carboxylic acids is 2. The highest BCUT2D eigenvalue weighted by Crippen LogP contribution is 2.22. The summed E-state index contributed by atoms with van der Waals surface area (Å²) in [6.45, 7) is 2.35. The van der Waals surface area contributed by atoms with Gasteiger partial charge in [0.1, 0.15) is 11.8 Å². The largest absolute Gasteiger partial charge is 0.497 e. The van der Waals surface area contributed by atoms with Gasteiger partial charge >= 0.3 is 0 Å². The normalized spacial score (nSPS) is 14.3. The van der Waals surface area contributed by atoms with Crippen LogP contribution in [0, 0.1) is 6.92 Å². The molecule has 5 nitrogen and oxygen atoms in total. The van der Waals surface area contributed by atoms with E-state index >= 15 is 0 Å². The zero-order valence-corrected chi connectivity index (χ0v) is 21.3.